The van der Waals surface area contributed by atoms with Crippen LogP contribution in [0.4, 0.5) is 0 Å². The van der Waals surface area contributed by atoms with E-state index in [1.54, 1.807) is 30.0 Å². The van der Waals surface area contributed by atoms with E-state index in [2.05, 4.69) is 10.4 Å². The molecule has 0 unspecified atom stereocenters. The summed E-state index contributed by atoms with van der Waals surface area (Å²) in [4.78, 5) is 24.4. The highest BCUT2D eigenvalue weighted by Gasteiger charge is 2.14. The monoisotopic (exact) mass is 351 g/mol. The summed E-state index contributed by atoms with van der Waals surface area (Å²) in [5, 5.41) is 7.68. The number of amides is 1. The van der Waals surface area contributed by atoms with E-state index in [-0.39, 0.29) is 23.9 Å². The van der Waals surface area contributed by atoms with Crippen LogP contribution in [-0.2, 0) is 11.3 Å². The summed E-state index contributed by atoms with van der Waals surface area (Å²) in [7, 11) is 1.62. The van der Waals surface area contributed by atoms with Crippen molar-refractivity contribution >= 4 is 16.8 Å². The largest absolute Gasteiger partial charge is 0.497 e. The number of carbonyl (C=O) groups is 1. The van der Waals surface area contributed by atoms with Gasteiger partial charge in [-0.2, -0.15) is 5.10 Å². The van der Waals surface area contributed by atoms with Gasteiger partial charge in [0, 0.05) is 5.39 Å². The van der Waals surface area contributed by atoms with Crippen molar-refractivity contribution in [3.63, 3.8) is 0 Å². The number of fused-ring (bicyclic) bond motifs is 1. The van der Waals surface area contributed by atoms with Gasteiger partial charge in [0.05, 0.1) is 24.9 Å². The van der Waals surface area contributed by atoms with Gasteiger partial charge in [0.15, 0.2) is 0 Å². The predicted molar refractivity (Wildman–Crippen MR) is 100 cm³/mol. The zero-order chi connectivity index (χ0) is 18.5. The van der Waals surface area contributed by atoms with Crippen LogP contribution in [0.1, 0.15) is 24.9 Å². The SMILES string of the molecule is CC[C@H](NC(=O)Cn1ncc(=O)c2ccccc21)c1ccc(OC)cc1. The Morgan fingerprint density at radius 2 is 1.92 bits per heavy atom. The van der Waals surface area contributed by atoms with E-state index in [0.29, 0.717) is 10.9 Å². The van der Waals surface area contributed by atoms with E-state index in [1.807, 2.05) is 37.3 Å². The first-order chi connectivity index (χ1) is 12.6. The summed E-state index contributed by atoms with van der Waals surface area (Å²) in [6, 6.07) is 14.7. The highest BCUT2D eigenvalue weighted by Crippen LogP contribution is 2.20. The number of ether oxygens (including phenoxy) is 1. The van der Waals surface area contributed by atoms with Gasteiger partial charge in [-0.05, 0) is 36.2 Å². The van der Waals surface area contributed by atoms with Crippen LogP contribution in [0.5, 0.6) is 5.75 Å². The average molecular weight is 351 g/mol. The molecule has 1 aromatic heterocycles. The van der Waals surface area contributed by atoms with Crippen LogP contribution in [0.3, 0.4) is 0 Å². The number of carbonyl (C=O) groups excluding carboxylic acids is 1. The van der Waals surface area contributed by atoms with Gasteiger partial charge in [0.25, 0.3) is 0 Å². The third-order valence-corrected chi connectivity index (χ3v) is 4.32. The highest BCUT2D eigenvalue weighted by atomic mass is 16.5. The molecule has 134 valence electrons. The number of benzene rings is 2. The Morgan fingerprint density at radius 1 is 1.19 bits per heavy atom. The fourth-order valence-corrected chi connectivity index (χ4v) is 2.92. The van der Waals surface area contributed by atoms with Crippen molar-refractivity contribution in [1.82, 2.24) is 15.1 Å². The first-order valence-electron chi connectivity index (χ1n) is 8.50. The molecule has 0 aliphatic heterocycles. The molecule has 1 atom stereocenters. The lowest BCUT2D eigenvalue weighted by atomic mass is 10.0. The average Bonchev–Trinajstić information content (AvgIpc) is 2.68. The summed E-state index contributed by atoms with van der Waals surface area (Å²) >= 11 is 0. The molecule has 0 bridgehead atoms. The van der Waals surface area contributed by atoms with Gasteiger partial charge in [-0.25, -0.2) is 0 Å². The maximum Gasteiger partial charge on any atom is 0.242 e. The van der Waals surface area contributed by atoms with Gasteiger partial charge in [0.2, 0.25) is 11.3 Å². The molecule has 0 radical (unpaired) electrons. The quantitative estimate of drug-likeness (QED) is 0.741. The first kappa shape index (κ1) is 17.7. The number of hydrogen-bond acceptors (Lipinski definition) is 4. The zero-order valence-corrected chi connectivity index (χ0v) is 14.8. The van der Waals surface area contributed by atoms with E-state index in [1.165, 1.54) is 6.20 Å². The Hall–Kier alpha value is -3.15. The lowest BCUT2D eigenvalue weighted by molar-refractivity contribution is -0.122. The molecule has 0 fully saturated rings. The standard InChI is InChI=1S/C20H21N3O3/c1-3-17(14-8-10-15(26-2)11-9-14)22-20(25)13-23-18-7-5-4-6-16(18)19(24)12-21-23/h4-12,17H,3,13H2,1-2H3,(H,22,25)/t17-/m0/s1. The first-order valence-corrected chi connectivity index (χ1v) is 8.50. The second-order valence-electron chi connectivity index (χ2n) is 5.99. The third kappa shape index (κ3) is 3.74. The van der Waals surface area contributed by atoms with Crippen LogP contribution in [0.2, 0.25) is 0 Å². The van der Waals surface area contributed by atoms with Gasteiger partial charge < -0.3 is 10.1 Å². The van der Waals surface area contributed by atoms with E-state index in [4.69, 9.17) is 4.74 Å². The smallest absolute Gasteiger partial charge is 0.242 e. The van der Waals surface area contributed by atoms with E-state index >= 15 is 0 Å². The molecule has 2 aromatic carbocycles. The Kier molecular flexibility index (Phi) is 5.31. The van der Waals surface area contributed by atoms with Crippen molar-refractivity contribution in [1.29, 1.82) is 0 Å². The number of methoxy groups -OCH3 is 1. The second-order valence-corrected chi connectivity index (χ2v) is 5.99. The van der Waals surface area contributed by atoms with E-state index in [9.17, 15) is 9.59 Å². The van der Waals surface area contributed by atoms with Gasteiger partial charge >= 0.3 is 0 Å². The molecule has 26 heavy (non-hydrogen) atoms. The summed E-state index contributed by atoms with van der Waals surface area (Å²) < 4.78 is 6.72. The summed E-state index contributed by atoms with van der Waals surface area (Å²) in [6.45, 7) is 2.07. The Bertz CT molecular complexity index is 964. The fraction of sp³-hybridized carbons (Fsp3) is 0.250. The molecule has 1 heterocycles. The molecule has 0 aliphatic carbocycles. The van der Waals surface area contributed by atoms with E-state index < -0.39 is 0 Å². The molecular formula is C20H21N3O3. The van der Waals surface area contributed by atoms with Crippen molar-refractivity contribution in [3.8, 4) is 5.75 Å². The number of para-hydroxylation sites is 1. The highest BCUT2D eigenvalue weighted by molar-refractivity contribution is 5.81. The topological polar surface area (TPSA) is 73.2 Å². The maximum atomic E-state index is 12.5. The summed E-state index contributed by atoms with van der Waals surface area (Å²) in [6.07, 6.45) is 2.01. The van der Waals surface area contributed by atoms with Crippen molar-refractivity contribution < 1.29 is 9.53 Å². The van der Waals surface area contributed by atoms with Crippen molar-refractivity contribution in [2.75, 3.05) is 7.11 Å². The minimum atomic E-state index is -0.158. The number of hydrogen-bond donors (Lipinski definition) is 1. The lowest BCUT2D eigenvalue weighted by Gasteiger charge is -2.18. The molecule has 0 aliphatic rings. The minimum absolute atomic E-state index is 0.0491. The number of aromatic nitrogens is 2. The molecule has 3 rings (SSSR count). The molecule has 3 aromatic rings. The Balaban J connectivity index is 1.77. The number of nitrogens with zero attached hydrogens (tertiary/aromatic N) is 2. The molecule has 0 spiro atoms. The van der Waals surface area contributed by atoms with Crippen molar-refractivity contribution in [2.24, 2.45) is 0 Å². The minimum Gasteiger partial charge on any atom is -0.497 e. The van der Waals surface area contributed by atoms with Crippen LogP contribution in [0, 0.1) is 0 Å². The third-order valence-electron chi connectivity index (χ3n) is 4.32. The molecule has 6 nitrogen and oxygen atoms in total. The lowest BCUT2D eigenvalue weighted by Crippen LogP contribution is -2.32. The van der Waals surface area contributed by atoms with Crippen LogP contribution < -0.4 is 15.5 Å². The molecule has 6 heteroatoms. The van der Waals surface area contributed by atoms with Crippen LogP contribution in [-0.4, -0.2) is 22.8 Å². The Labute approximate surface area is 151 Å². The molecular weight excluding hydrogens is 330 g/mol. The number of nitrogens with one attached hydrogen (secondary N) is 1. The van der Waals surface area contributed by atoms with Gasteiger partial charge in [-0.3, -0.25) is 14.3 Å². The van der Waals surface area contributed by atoms with Gasteiger partial charge in [-0.1, -0.05) is 31.2 Å². The Morgan fingerprint density at radius 3 is 2.62 bits per heavy atom. The summed E-state index contributed by atoms with van der Waals surface area (Å²) in [5.41, 5.74) is 1.51. The van der Waals surface area contributed by atoms with E-state index in [0.717, 1.165) is 17.7 Å². The maximum absolute atomic E-state index is 12.5. The molecule has 0 saturated heterocycles. The van der Waals surface area contributed by atoms with Gasteiger partial charge in [-0.15, -0.1) is 0 Å². The normalized spacial score (nSPS) is 11.9. The zero-order valence-electron chi connectivity index (χ0n) is 14.8. The predicted octanol–water partition coefficient (Wildman–Crippen LogP) is 2.67. The number of rotatable bonds is 6. The van der Waals surface area contributed by atoms with Crippen molar-refractivity contribution in [3.05, 3.63) is 70.5 Å². The molecule has 1 N–H and O–H groups in total. The van der Waals surface area contributed by atoms with Crippen LogP contribution in [0.25, 0.3) is 10.9 Å². The second kappa shape index (κ2) is 7.82. The van der Waals surface area contributed by atoms with Crippen LogP contribution in [0.15, 0.2) is 59.5 Å². The van der Waals surface area contributed by atoms with Crippen LogP contribution >= 0.6 is 0 Å². The van der Waals surface area contributed by atoms with Crippen molar-refractivity contribution in [2.45, 2.75) is 25.9 Å². The molecule has 0 saturated carbocycles. The fourth-order valence-electron chi connectivity index (χ4n) is 2.92. The summed E-state index contributed by atoms with van der Waals surface area (Å²) in [5.74, 6) is 0.618. The molecule has 1 amide bonds. The van der Waals surface area contributed by atoms with Gasteiger partial charge in [0.1, 0.15) is 12.3 Å².